The van der Waals surface area contributed by atoms with Gasteiger partial charge in [0.1, 0.15) is 17.2 Å². The second-order valence-electron chi connectivity index (χ2n) is 4.28. The molecule has 0 bridgehead atoms. The molecular weight excluding hydrogens is 286 g/mol. The molecule has 22 heavy (non-hydrogen) atoms. The molecule has 0 saturated carbocycles. The average molecular weight is 303 g/mol. The van der Waals surface area contributed by atoms with Crippen molar-refractivity contribution in [2.24, 2.45) is 0 Å². The first-order valence-corrected chi connectivity index (χ1v) is 6.77. The highest BCUT2D eigenvalue weighted by molar-refractivity contribution is 5.93. The fraction of sp³-hybridized carbons (Fsp3) is 0.200. The number of ether oxygens (including phenoxy) is 2. The predicted molar refractivity (Wildman–Crippen MR) is 79.5 cm³/mol. The molecule has 1 aromatic heterocycles. The topological polar surface area (TPSA) is 92.4 Å². The van der Waals surface area contributed by atoms with Crippen LogP contribution in [0.4, 0.5) is 0 Å². The van der Waals surface area contributed by atoms with E-state index in [1.807, 2.05) is 6.92 Å². The Bertz CT molecular complexity index is 608. The zero-order valence-corrected chi connectivity index (χ0v) is 12.1. The number of carbonyl (C=O) groups excluding carboxylic acids is 2. The molecule has 0 unspecified atom stereocenters. The maximum atomic E-state index is 11.6. The van der Waals surface area contributed by atoms with Crippen LogP contribution in [0.1, 0.15) is 17.4 Å². The van der Waals surface area contributed by atoms with Crippen LogP contribution in [0.25, 0.3) is 0 Å². The third kappa shape index (κ3) is 4.55. The van der Waals surface area contributed by atoms with Gasteiger partial charge in [-0.1, -0.05) is 0 Å². The smallest absolute Gasteiger partial charge is 0.286 e. The maximum Gasteiger partial charge on any atom is 0.286 e. The molecule has 1 aromatic carbocycles. The number of hydrazine groups is 1. The monoisotopic (exact) mass is 303 g/mol. The molecule has 1 heterocycles. The number of H-pyrrole nitrogens is 1. The molecule has 0 radical (unpaired) electrons. The molecule has 7 nitrogen and oxygen atoms in total. The molecule has 0 fully saturated rings. The number of rotatable bonds is 6. The van der Waals surface area contributed by atoms with Crippen LogP contribution in [0.2, 0.25) is 0 Å². The van der Waals surface area contributed by atoms with Gasteiger partial charge in [0, 0.05) is 6.20 Å². The number of benzene rings is 1. The van der Waals surface area contributed by atoms with Crippen LogP contribution in [0, 0.1) is 0 Å². The number of aromatic nitrogens is 1. The molecule has 7 heteroatoms. The van der Waals surface area contributed by atoms with Gasteiger partial charge in [0.25, 0.3) is 11.8 Å². The number of nitrogens with one attached hydrogen (secondary N) is 3. The van der Waals surface area contributed by atoms with E-state index in [4.69, 9.17) is 9.47 Å². The number of aromatic amines is 1. The van der Waals surface area contributed by atoms with Crippen LogP contribution >= 0.6 is 0 Å². The highest BCUT2D eigenvalue weighted by atomic mass is 16.5. The SMILES string of the molecule is CCOc1ccc(OCC(=O)NNC(=O)c2ccc[nH]2)cc1. The summed E-state index contributed by atoms with van der Waals surface area (Å²) in [4.78, 5) is 25.9. The zero-order valence-electron chi connectivity index (χ0n) is 12.1. The number of carbonyl (C=O) groups is 2. The maximum absolute atomic E-state index is 11.6. The van der Waals surface area contributed by atoms with Crippen LogP contribution in [0.5, 0.6) is 11.5 Å². The first-order valence-electron chi connectivity index (χ1n) is 6.77. The third-order valence-corrected chi connectivity index (χ3v) is 2.66. The van der Waals surface area contributed by atoms with Crippen molar-refractivity contribution in [3.8, 4) is 11.5 Å². The summed E-state index contributed by atoms with van der Waals surface area (Å²) in [6, 6.07) is 10.2. The fourth-order valence-electron chi connectivity index (χ4n) is 1.65. The summed E-state index contributed by atoms with van der Waals surface area (Å²) in [6.07, 6.45) is 1.62. The van der Waals surface area contributed by atoms with Crippen molar-refractivity contribution in [3.63, 3.8) is 0 Å². The van der Waals surface area contributed by atoms with E-state index in [1.54, 1.807) is 42.6 Å². The predicted octanol–water partition coefficient (Wildman–Crippen LogP) is 1.25. The van der Waals surface area contributed by atoms with Gasteiger partial charge in [-0.15, -0.1) is 0 Å². The fourth-order valence-corrected chi connectivity index (χ4v) is 1.65. The standard InChI is InChI=1S/C15H17N3O4/c1-2-21-11-5-7-12(8-6-11)22-10-14(19)17-18-15(20)13-4-3-9-16-13/h3-9,16H,2,10H2,1H3,(H,17,19)(H,18,20). The lowest BCUT2D eigenvalue weighted by Crippen LogP contribution is -2.43. The van der Waals surface area contributed by atoms with Crippen LogP contribution < -0.4 is 20.3 Å². The second-order valence-corrected chi connectivity index (χ2v) is 4.28. The Balaban J connectivity index is 1.72. The van der Waals surface area contributed by atoms with Gasteiger partial charge in [-0.25, -0.2) is 0 Å². The lowest BCUT2D eigenvalue weighted by molar-refractivity contribution is -0.123. The highest BCUT2D eigenvalue weighted by Gasteiger charge is 2.08. The van der Waals surface area contributed by atoms with Gasteiger partial charge in [-0.3, -0.25) is 20.4 Å². The van der Waals surface area contributed by atoms with E-state index in [-0.39, 0.29) is 6.61 Å². The lowest BCUT2D eigenvalue weighted by Gasteiger charge is -2.09. The summed E-state index contributed by atoms with van der Waals surface area (Å²) < 4.78 is 10.6. The largest absolute Gasteiger partial charge is 0.494 e. The molecule has 2 aromatic rings. The van der Waals surface area contributed by atoms with Crippen molar-refractivity contribution in [1.82, 2.24) is 15.8 Å². The van der Waals surface area contributed by atoms with Crippen LogP contribution in [-0.4, -0.2) is 30.0 Å². The van der Waals surface area contributed by atoms with E-state index in [1.165, 1.54) is 0 Å². The first kappa shape index (κ1) is 15.4. The molecule has 0 atom stereocenters. The normalized spacial score (nSPS) is 9.86. The van der Waals surface area contributed by atoms with Crippen molar-refractivity contribution in [1.29, 1.82) is 0 Å². The summed E-state index contributed by atoms with van der Waals surface area (Å²) in [7, 11) is 0. The molecule has 0 aliphatic rings. The number of hydrogen-bond donors (Lipinski definition) is 3. The van der Waals surface area contributed by atoms with Crippen molar-refractivity contribution in [2.75, 3.05) is 13.2 Å². The minimum atomic E-state index is -0.464. The van der Waals surface area contributed by atoms with Gasteiger partial charge in [-0.05, 0) is 43.3 Å². The molecule has 0 aliphatic heterocycles. The molecule has 0 saturated heterocycles. The minimum absolute atomic E-state index is 0.209. The second kappa shape index (κ2) is 7.72. The van der Waals surface area contributed by atoms with E-state index in [0.29, 0.717) is 18.1 Å². The number of hydrogen-bond acceptors (Lipinski definition) is 4. The van der Waals surface area contributed by atoms with Gasteiger partial charge in [0.05, 0.1) is 6.61 Å². The van der Waals surface area contributed by atoms with Crippen LogP contribution in [0.15, 0.2) is 42.6 Å². The Hall–Kier alpha value is -2.96. The van der Waals surface area contributed by atoms with E-state index < -0.39 is 11.8 Å². The summed E-state index contributed by atoms with van der Waals surface area (Å²) in [5.41, 5.74) is 4.90. The van der Waals surface area contributed by atoms with Crippen LogP contribution in [0.3, 0.4) is 0 Å². The Kier molecular flexibility index (Phi) is 5.42. The quantitative estimate of drug-likeness (QED) is 0.700. The van der Waals surface area contributed by atoms with Gasteiger partial charge in [0.15, 0.2) is 6.61 Å². The van der Waals surface area contributed by atoms with Gasteiger partial charge in [0.2, 0.25) is 0 Å². The van der Waals surface area contributed by atoms with Crippen LogP contribution in [-0.2, 0) is 4.79 Å². The molecule has 116 valence electrons. The molecule has 2 rings (SSSR count). The Morgan fingerprint density at radius 2 is 1.73 bits per heavy atom. The third-order valence-electron chi connectivity index (χ3n) is 2.66. The summed E-state index contributed by atoms with van der Waals surface area (Å²) in [5, 5.41) is 0. The molecule has 3 N–H and O–H groups in total. The lowest BCUT2D eigenvalue weighted by atomic mass is 10.3. The van der Waals surface area contributed by atoms with Gasteiger partial charge < -0.3 is 14.5 Å². The van der Waals surface area contributed by atoms with Crippen molar-refractivity contribution < 1.29 is 19.1 Å². The van der Waals surface area contributed by atoms with E-state index in [0.717, 1.165) is 5.75 Å². The van der Waals surface area contributed by atoms with Gasteiger partial charge >= 0.3 is 0 Å². The Morgan fingerprint density at radius 1 is 1.05 bits per heavy atom. The van der Waals surface area contributed by atoms with Crippen molar-refractivity contribution in [2.45, 2.75) is 6.92 Å². The highest BCUT2D eigenvalue weighted by Crippen LogP contribution is 2.17. The Morgan fingerprint density at radius 3 is 2.32 bits per heavy atom. The molecule has 2 amide bonds. The molecule has 0 aliphatic carbocycles. The minimum Gasteiger partial charge on any atom is -0.494 e. The van der Waals surface area contributed by atoms with Gasteiger partial charge in [-0.2, -0.15) is 0 Å². The summed E-state index contributed by atoms with van der Waals surface area (Å²) in [6.45, 7) is 2.28. The average Bonchev–Trinajstić information content (AvgIpc) is 3.07. The molecule has 0 spiro atoms. The van der Waals surface area contributed by atoms with Crippen molar-refractivity contribution in [3.05, 3.63) is 48.3 Å². The summed E-state index contributed by atoms with van der Waals surface area (Å²) in [5.74, 6) is 0.375. The number of amides is 2. The van der Waals surface area contributed by atoms with E-state index in [9.17, 15) is 9.59 Å². The first-order chi connectivity index (χ1) is 10.7. The molecular formula is C15H17N3O4. The van der Waals surface area contributed by atoms with Crippen molar-refractivity contribution >= 4 is 11.8 Å². The summed E-state index contributed by atoms with van der Waals surface area (Å²) >= 11 is 0. The van der Waals surface area contributed by atoms with E-state index in [2.05, 4.69) is 15.8 Å². The Labute approximate surface area is 127 Å². The zero-order chi connectivity index (χ0) is 15.8. The van der Waals surface area contributed by atoms with E-state index >= 15 is 0 Å².